The Kier molecular flexibility index (Phi) is 4.70. The van der Waals surface area contributed by atoms with E-state index in [1.165, 1.54) is 44.5 Å². The molecule has 1 saturated heterocycles. The Balaban J connectivity index is 1.34. The van der Waals surface area contributed by atoms with Crippen molar-refractivity contribution in [1.29, 1.82) is 0 Å². The van der Waals surface area contributed by atoms with Gasteiger partial charge in [-0.3, -0.25) is 4.68 Å². The first kappa shape index (κ1) is 16.5. The molecule has 0 radical (unpaired) electrons. The number of anilines is 1. The summed E-state index contributed by atoms with van der Waals surface area (Å²) in [6.07, 6.45) is 9.75. The van der Waals surface area contributed by atoms with E-state index in [9.17, 15) is 0 Å². The van der Waals surface area contributed by atoms with Crippen molar-refractivity contribution in [1.82, 2.24) is 24.6 Å². The van der Waals surface area contributed by atoms with Gasteiger partial charge in [-0.05, 0) is 38.7 Å². The summed E-state index contributed by atoms with van der Waals surface area (Å²) in [7, 11) is 2.03. The molecule has 2 aromatic heterocycles. The molecule has 25 heavy (non-hydrogen) atoms. The average molecular weight is 340 g/mol. The molecule has 0 aromatic carbocycles. The van der Waals surface area contributed by atoms with Crippen LogP contribution in [0, 0.1) is 6.92 Å². The van der Waals surface area contributed by atoms with Gasteiger partial charge in [0.25, 0.3) is 0 Å². The zero-order valence-corrected chi connectivity index (χ0v) is 15.3. The van der Waals surface area contributed by atoms with Crippen LogP contribution in [0.4, 0.5) is 5.82 Å². The zero-order valence-electron chi connectivity index (χ0n) is 15.3. The molecule has 6 nitrogen and oxygen atoms in total. The summed E-state index contributed by atoms with van der Waals surface area (Å²) in [4.78, 5) is 14.0. The highest BCUT2D eigenvalue weighted by Crippen LogP contribution is 2.35. The third-order valence-corrected chi connectivity index (χ3v) is 5.55. The molecule has 2 fully saturated rings. The molecule has 0 bridgehead atoms. The summed E-state index contributed by atoms with van der Waals surface area (Å²) in [5, 5.41) is 4.26. The monoisotopic (exact) mass is 340 g/mol. The Morgan fingerprint density at radius 3 is 2.52 bits per heavy atom. The lowest BCUT2D eigenvalue weighted by Gasteiger charge is -2.39. The molecular formula is C19H28N6. The highest BCUT2D eigenvalue weighted by Gasteiger charge is 2.36. The first-order valence-electron chi connectivity index (χ1n) is 9.47. The molecule has 3 heterocycles. The molecule has 6 heteroatoms. The lowest BCUT2D eigenvalue weighted by molar-refractivity contribution is 0.209. The van der Waals surface area contributed by atoms with E-state index in [0.717, 1.165) is 24.5 Å². The van der Waals surface area contributed by atoms with E-state index in [1.54, 1.807) is 6.33 Å². The minimum atomic E-state index is 0.620. The van der Waals surface area contributed by atoms with E-state index in [1.807, 2.05) is 17.9 Å². The molecule has 2 aliphatic rings. The van der Waals surface area contributed by atoms with Crippen LogP contribution in [0.2, 0.25) is 0 Å². The van der Waals surface area contributed by atoms with E-state index in [4.69, 9.17) is 0 Å². The van der Waals surface area contributed by atoms with Crippen LogP contribution in [-0.4, -0.2) is 56.4 Å². The maximum atomic E-state index is 4.57. The molecule has 0 atom stereocenters. The summed E-state index contributed by atoms with van der Waals surface area (Å²) in [6, 6.07) is 5.58. The van der Waals surface area contributed by atoms with Gasteiger partial charge in [-0.15, -0.1) is 0 Å². The lowest BCUT2D eigenvalue weighted by atomic mass is 10.0. The van der Waals surface area contributed by atoms with E-state index in [2.05, 4.69) is 43.9 Å². The van der Waals surface area contributed by atoms with E-state index in [0.29, 0.717) is 12.1 Å². The van der Waals surface area contributed by atoms with Crippen LogP contribution >= 0.6 is 0 Å². The summed E-state index contributed by atoms with van der Waals surface area (Å²) in [5.74, 6) is 1.13. The van der Waals surface area contributed by atoms with Crippen LogP contribution in [0.25, 0.3) is 0 Å². The maximum Gasteiger partial charge on any atom is 0.132 e. The van der Waals surface area contributed by atoms with Crippen LogP contribution < -0.4 is 4.90 Å². The van der Waals surface area contributed by atoms with Gasteiger partial charge >= 0.3 is 0 Å². The summed E-state index contributed by atoms with van der Waals surface area (Å²) < 4.78 is 1.99. The number of rotatable bonds is 6. The fourth-order valence-corrected chi connectivity index (χ4v) is 3.95. The molecule has 0 amide bonds. The molecule has 1 aliphatic carbocycles. The first-order valence-corrected chi connectivity index (χ1v) is 9.47. The van der Waals surface area contributed by atoms with Gasteiger partial charge < -0.3 is 9.80 Å². The van der Waals surface area contributed by atoms with Crippen molar-refractivity contribution in [3.05, 3.63) is 36.0 Å². The largest absolute Gasteiger partial charge is 0.350 e. The molecular weight excluding hydrogens is 312 g/mol. The van der Waals surface area contributed by atoms with Crippen LogP contribution in [0.3, 0.4) is 0 Å². The molecule has 0 unspecified atom stereocenters. The van der Waals surface area contributed by atoms with Gasteiger partial charge in [0.2, 0.25) is 0 Å². The van der Waals surface area contributed by atoms with Crippen LogP contribution in [0.5, 0.6) is 0 Å². The van der Waals surface area contributed by atoms with Crippen molar-refractivity contribution in [2.75, 3.05) is 24.5 Å². The van der Waals surface area contributed by atoms with Crippen molar-refractivity contribution in [3.8, 4) is 0 Å². The number of likely N-dealkylation sites (tertiary alicyclic amines) is 1. The van der Waals surface area contributed by atoms with E-state index < -0.39 is 0 Å². The maximum absolute atomic E-state index is 4.57. The Bertz CT molecular complexity index is 699. The van der Waals surface area contributed by atoms with Gasteiger partial charge in [0.1, 0.15) is 12.1 Å². The van der Waals surface area contributed by atoms with Crippen molar-refractivity contribution in [2.45, 2.75) is 51.1 Å². The minimum Gasteiger partial charge on any atom is -0.350 e. The van der Waals surface area contributed by atoms with Gasteiger partial charge in [-0.25, -0.2) is 9.97 Å². The third-order valence-electron chi connectivity index (χ3n) is 5.55. The smallest absolute Gasteiger partial charge is 0.132 e. The predicted molar refractivity (Wildman–Crippen MR) is 98.6 cm³/mol. The van der Waals surface area contributed by atoms with Gasteiger partial charge in [-0.1, -0.05) is 0 Å². The second kappa shape index (κ2) is 7.12. The number of hydrogen-bond donors (Lipinski definition) is 0. The standard InChI is InChI=1S/C19H28N6/c1-15-13-19(21-14-20-15)25(17-3-4-17)18-7-11-24(12-8-18)10-6-16-5-9-22-23(16)2/h5,9,13-14,17-18H,3-4,6-8,10-12H2,1-2H3. The number of piperidine rings is 1. The van der Waals surface area contributed by atoms with Gasteiger partial charge in [0, 0.05) is 68.8 Å². The molecule has 0 N–H and O–H groups in total. The summed E-state index contributed by atoms with van der Waals surface area (Å²) in [5.41, 5.74) is 2.38. The number of aromatic nitrogens is 4. The quantitative estimate of drug-likeness (QED) is 0.807. The van der Waals surface area contributed by atoms with Crippen molar-refractivity contribution in [3.63, 3.8) is 0 Å². The second-order valence-corrected chi connectivity index (χ2v) is 7.42. The fourth-order valence-electron chi connectivity index (χ4n) is 3.95. The Morgan fingerprint density at radius 1 is 1.12 bits per heavy atom. The van der Waals surface area contributed by atoms with Crippen LogP contribution in [0.15, 0.2) is 24.7 Å². The van der Waals surface area contributed by atoms with Gasteiger partial charge in [0.05, 0.1) is 0 Å². The molecule has 134 valence electrons. The highest BCUT2D eigenvalue weighted by molar-refractivity contribution is 5.43. The fraction of sp³-hybridized carbons (Fsp3) is 0.632. The molecule has 4 rings (SSSR count). The second-order valence-electron chi connectivity index (χ2n) is 7.42. The van der Waals surface area contributed by atoms with Crippen LogP contribution in [-0.2, 0) is 13.5 Å². The molecule has 1 saturated carbocycles. The minimum absolute atomic E-state index is 0.620. The number of aryl methyl sites for hydroxylation is 2. The van der Waals surface area contributed by atoms with Gasteiger partial charge in [0.15, 0.2) is 0 Å². The first-order chi connectivity index (χ1) is 12.2. The normalized spacial score (nSPS) is 19.3. The highest BCUT2D eigenvalue weighted by atomic mass is 15.3. The van der Waals surface area contributed by atoms with E-state index in [-0.39, 0.29) is 0 Å². The zero-order chi connectivity index (χ0) is 17.2. The molecule has 2 aromatic rings. The molecule has 0 spiro atoms. The average Bonchev–Trinajstić information content (AvgIpc) is 3.36. The van der Waals surface area contributed by atoms with Crippen molar-refractivity contribution in [2.24, 2.45) is 7.05 Å². The van der Waals surface area contributed by atoms with Crippen LogP contribution in [0.1, 0.15) is 37.1 Å². The Morgan fingerprint density at radius 2 is 1.88 bits per heavy atom. The Hall–Kier alpha value is -1.95. The third kappa shape index (κ3) is 3.84. The SMILES string of the molecule is Cc1cc(N(C2CC2)C2CCN(CCc3ccnn3C)CC2)ncn1. The summed E-state index contributed by atoms with van der Waals surface area (Å²) in [6.45, 7) is 5.53. The van der Waals surface area contributed by atoms with E-state index >= 15 is 0 Å². The summed E-state index contributed by atoms with van der Waals surface area (Å²) >= 11 is 0. The Labute approximate surface area is 149 Å². The number of nitrogens with zero attached hydrogens (tertiary/aromatic N) is 6. The topological polar surface area (TPSA) is 50.1 Å². The lowest BCUT2D eigenvalue weighted by Crippen LogP contribution is -2.46. The molecule has 1 aliphatic heterocycles. The van der Waals surface area contributed by atoms with Crippen molar-refractivity contribution >= 4 is 5.82 Å². The van der Waals surface area contributed by atoms with Gasteiger partial charge in [-0.2, -0.15) is 5.10 Å². The van der Waals surface area contributed by atoms with Crippen molar-refractivity contribution < 1.29 is 0 Å². The number of hydrogen-bond acceptors (Lipinski definition) is 5. The predicted octanol–water partition coefficient (Wildman–Crippen LogP) is 2.19.